The average Bonchev–Trinajstić information content (AvgIpc) is 2.89. The van der Waals surface area contributed by atoms with Gasteiger partial charge in [0.05, 0.1) is 32.6 Å². The normalized spacial score (nSPS) is 10.1. The Hall–Kier alpha value is -4.41. The van der Waals surface area contributed by atoms with Gasteiger partial charge >= 0.3 is 5.97 Å². The lowest BCUT2D eigenvalue weighted by molar-refractivity contribution is -0.141. The van der Waals surface area contributed by atoms with Crippen molar-refractivity contribution in [3.05, 3.63) is 59.2 Å². The minimum Gasteiger partial charge on any atom is -0.493 e. The van der Waals surface area contributed by atoms with Crippen LogP contribution in [0.2, 0.25) is 0 Å². The minimum absolute atomic E-state index is 0.0202. The van der Waals surface area contributed by atoms with E-state index in [1.54, 1.807) is 12.1 Å². The smallest absolute Gasteiger partial charge is 0.316 e. The molecule has 0 saturated heterocycles. The van der Waals surface area contributed by atoms with Crippen LogP contribution >= 0.6 is 11.8 Å². The van der Waals surface area contributed by atoms with Gasteiger partial charge in [0.2, 0.25) is 5.75 Å². The van der Waals surface area contributed by atoms with Crippen LogP contribution in [0.5, 0.6) is 17.2 Å². The number of ether oxygens (including phenoxy) is 4. The number of carbonyl (C=O) groups excluding carboxylic acids is 1. The molecular formula is C25H22N4O5S. The zero-order valence-electron chi connectivity index (χ0n) is 19.3. The van der Waals surface area contributed by atoms with Gasteiger partial charge in [0, 0.05) is 5.56 Å². The standard InChI is InChI=1S/C25H22N4O5S/c1-31-19-9-16(10-20(32-2)23(19)33-3)22-17(11-26)24(28)29-25(18(22)12-27)35-14-21(30)34-13-15-7-5-4-6-8-15/h4-10H,13-14H2,1-3H3,(H2,28,29). The molecule has 0 aliphatic heterocycles. The number of benzene rings is 2. The molecule has 10 heteroatoms. The second-order valence-electron chi connectivity index (χ2n) is 7.00. The van der Waals surface area contributed by atoms with E-state index in [4.69, 9.17) is 24.7 Å². The zero-order valence-corrected chi connectivity index (χ0v) is 20.1. The Labute approximate surface area is 207 Å². The number of esters is 1. The Kier molecular flexibility index (Phi) is 8.38. The molecule has 9 nitrogen and oxygen atoms in total. The summed E-state index contributed by atoms with van der Waals surface area (Å²) in [6.45, 7) is 0.130. The topological polar surface area (TPSA) is 140 Å². The molecular weight excluding hydrogens is 468 g/mol. The number of nitrogen functional groups attached to an aromatic ring is 1. The van der Waals surface area contributed by atoms with Crippen LogP contribution in [0.1, 0.15) is 16.7 Å². The van der Waals surface area contributed by atoms with Crippen LogP contribution in [0.3, 0.4) is 0 Å². The second kappa shape index (κ2) is 11.6. The quantitative estimate of drug-likeness (QED) is 0.346. The first kappa shape index (κ1) is 25.2. The van der Waals surface area contributed by atoms with Gasteiger partial charge in [-0.1, -0.05) is 42.1 Å². The lowest BCUT2D eigenvalue weighted by Gasteiger charge is -2.17. The molecule has 2 aromatic carbocycles. The van der Waals surface area contributed by atoms with Gasteiger partial charge in [-0.3, -0.25) is 4.79 Å². The van der Waals surface area contributed by atoms with Gasteiger partial charge < -0.3 is 24.7 Å². The van der Waals surface area contributed by atoms with Crippen molar-refractivity contribution in [3.8, 4) is 40.5 Å². The lowest BCUT2D eigenvalue weighted by atomic mass is 9.96. The number of nitrogens with zero attached hydrogens (tertiary/aromatic N) is 3. The first-order chi connectivity index (χ1) is 17.0. The van der Waals surface area contributed by atoms with Crippen molar-refractivity contribution >= 4 is 23.5 Å². The van der Waals surface area contributed by atoms with E-state index in [9.17, 15) is 15.3 Å². The summed E-state index contributed by atoms with van der Waals surface area (Å²) in [4.78, 5) is 16.5. The molecule has 178 valence electrons. The summed E-state index contributed by atoms with van der Waals surface area (Å²) in [5.41, 5.74) is 7.73. The van der Waals surface area contributed by atoms with Crippen molar-refractivity contribution in [1.29, 1.82) is 10.5 Å². The third kappa shape index (κ3) is 5.57. The third-order valence-corrected chi connectivity index (χ3v) is 5.89. The summed E-state index contributed by atoms with van der Waals surface area (Å²) in [6, 6.07) is 16.6. The molecule has 0 aliphatic rings. The highest BCUT2D eigenvalue weighted by atomic mass is 32.2. The Bertz CT molecular complexity index is 1290. The predicted molar refractivity (Wildman–Crippen MR) is 130 cm³/mol. The van der Waals surface area contributed by atoms with Gasteiger partial charge in [0.15, 0.2) is 11.5 Å². The second-order valence-corrected chi connectivity index (χ2v) is 7.96. The highest BCUT2D eigenvalue weighted by molar-refractivity contribution is 7.99. The molecule has 1 aromatic heterocycles. The highest BCUT2D eigenvalue weighted by Gasteiger charge is 2.24. The van der Waals surface area contributed by atoms with Gasteiger partial charge in [-0.25, -0.2) is 4.98 Å². The lowest BCUT2D eigenvalue weighted by Crippen LogP contribution is -2.09. The summed E-state index contributed by atoms with van der Waals surface area (Å²) in [6.07, 6.45) is 0. The fraction of sp³-hybridized carbons (Fsp3) is 0.200. The number of carbonyl (C=O) groups is 1. The molecule has 0 radical (unpaired) electrons. The van der Waals surface area contributed by atoms with Gasteiger partial charge in [-0.05, 0) is 23.3 Å². The summed E-state index contributed by atoms with van der Waals surface area (Å²) in [5.74, 6) is 0.368. The largest absolute Gasteiger partial charge is 0.493 e. The van der Waals surface area contributed by atoms with Gasteiger partial charge in [-0.2, -0.15) is 10.5 Å². The number of anilines is 1. The van der Waals surface area contributed by atoms with Crippen molar-refractivity contribution in [2.24, 2.45) is 0 Å². The molecule has 0 amide bonds. The molecule has 1 heterocycles. The van der Waals surface area contributed by atoms with Crippen LogP contribution in [0.4, 0.5) is 5.82 Å². The molecule has 3 aromatic rings. The van der Waals surface area contributed by atoms with E-state index in [1.165, 1.54) is 21.3 Å². The molecule has 0 spiro atoms. The van der Waals surface area contributed by atoms with Crippen molar-refractivity contribution < 1.29 is 23.7 Å². The van der Waals surface area contributed by atoms with Crippen molar-refractivity contribution in [2.75, 3.05) is 32.8 Å². The number of hydrogen-bond donors (Lipinski definition) is 1. The number of pyridine rings is 1. The fourth-order valence-corrected chi connectivity index (χ4v) is 4.12. The Morgan fingerprint density at radius 2 is 1.63 bits per heavy atom. The van der Waals surface area contributed by atoms with Gasteiger partial charge in [-0.15, -0.1) is 0 Å². The highest BCUT2D eigenvalue weighted by Crippen LogP contribution is 2.44. The molecule has 2 N–H and O–H groups in total. The van der Waals surface area contributed by atoms with Gasteiger partial charge in [0.1, 0.15) is 35.2 Å². The van der Waals surface area contributed by atoms with Crippen molar-refractivity contribution in [2.45, 2.75) is 11.6 Å². The maximum atomic E-state index is 12.3. The number of nitrogens with two attached hydrogens (primary N) is 1. The van der Waals surface area contributed by atoms with E-state index >= 15 is 0 Å². The predicted octanol–water partition coefficient (Wildman–Crippen LogP) is 3.94. The maximum absolute atomic E-state index is 12.3. The van der Waals surface area contributed by atoms with E-state index in [0.29, 0.717) is 22.8 Å². The molecule has 0 fully saturated rings. The monoisotopic (exact) mass is 490 g/mol. The maximum Gasteiger partial charge on any atom is 0.316 e. The first-order valence-electron chi connectivity index (χ1n) is 10.2. The summed E-state index contributed by atoms with van der Waals surface area (Å²) in [5, 5.41) is 20.0. The van der Waals surface area contributed by atoms with Gasteiger partial charge in [0.25, 0.3) is 0 Å². The molecule has 0 atom stereocenters. The number of rotatable bonds is 9. The van der Waals surface area contributed by atoms with Crippen LogP contribution in [-0.2, 0) is 16.1 Å². The summed E-state index contributed by atoms with van der Waals surface area (Å²) >= 11 is 1.000. The number of aromatic nitrogens is 1. The average molecular weight is 491 g/mol. The van der Waals surface area contributed by atoms with Crippen LogP contribution in [0.25, 0.3) is 11.1 Å². The number of hydrogen-bond acceptors (Lipinski definition) is 10. The molecule has 0 unspecified atom stereocenters. The van der Waals surface area contributed by atoms with E-state index < -0.39 is 5.97 Å². The Morgan fingerprint density at radius 1 is 1.00 bits per heavy atom. The molecule has 3 rings (SSSR count). The zero-order chi connectivity index (χ0) is 25.4. The van der Waals surface area contributed by atoms with Crippen molar-refractivity contribution in [3.63, 3.8) is 0 Å². The van der Waals surface area contributed by atoms with Crippen LogP contribution in [0.15, 0.2) is 47.5 Å². The third-order valence-electron chi connectivity index (χ3n) is 4.94. The SMILES string of the molecule is COc1cc(-c2c(C#N)c(N)nc(SCC(=O)OCc3ccccc3)c2C#N)cc(OC)c1OC. The first-order valence-corrected chi connectivity index (χ1v) is 11.2. The van der Waals surface area contributed by atoms with E-state index in [2.05, 4.69) is 11.1 Å². The number of nitriles is 2. The van der Waals surface area contributed by atoms with E-state index in [1.807, 2.05) is 36.4 Å². The van der Waals surface area contributed by atoms with E-state index in [0.717, 1.165) is 17.3 Å². The molecule has 0 saturated carbocycles. The van der Waals surface area contributed by atoms with Crippen LogP contribution in [0, 0.1) is 22.7 Å². The number of thioether (sulfide) groups is 1. The fourth-order valence-electron chi connectivity index (χ4n) is 3.32. The number of methoxy groups -OCH3 is 3. The molecule has 35 heavy (non-hydrogen) atoms. The van der Waals surface area contributed by atoms with E-state index in [-0.39, 0.29) is 39.9 Å². The Morgan fingerprint density at radius 3 is 2.17 bits per heavy atom. The molecule has 0 aliphatic carbocycles. The summed E-state index contributed by atoms with van der Waals surface area (Å²) in [7, 11) is 4.39. The molecule has 0 bridgehead atoms. The minimum atomic E-state index is -0.484. The Balaban J connectivity index is 1.98. The summed E-state index contributed by atoms with van der Waals surface area (Å²) < 4.78 is 21.5. The van der Waals surface area contributed by atoms with Crippen LogP contribution in [-0.4, -0.2) is 38.0 Å². The van der Waals surface area contributed by atoms with Crippen LogP contribution < -0.4 is 19.9 Å². The van der Waals surface area contributed by atoms with Crippen molar-refractivity contribution in [1.82, 2.24) is 4.98 Å².